The quantitative estimate of drug-likeness (QED) is 0.655. The molecule has 2 amide bonds. The number of carbonyl (C=O) groups excluding carboxylic acids is 2. The largest absolute Gasteiger partial charge is 0.347 e. The maximum atomic E-state index is 12.9. The van der Waals surface area contributed by atoms with Crippen molar-refractivity contribution in [2.24, 2.45) is 5.92 Å². The highest BCUT2D eigenvalue weighted by Gasteiger charge is 2.40. The highest BCUT2D eigenvalue weighted by atomic mass is 16.2. The molecule has 7 nitrogen and oxygen atoms in total. The van der Waals surface area contributed by atoms with Crippen LogP contribution in [0.4, 0.5) is 0 Å². The number of aromatic nitrogens is 2. The first-order valence-corrected chi connectivity index (χ1v) is 10.6. The van der Waals surface area contributed by atoms with E-state index in [9.17, 15) is 9.59 Å². The van der Waals surface area contributed by atoms with Gasteiger partial charge >= 0.3 is 0 Å². The van der Waals surface area contributed by atoms with Crippen molar-refractivity contribution >= 4 is 11.8 Å². The van der Waals surface area contributed by atoms with Crippen LogP contribution in [0.2, 0.25) is 0 Å². The van der Waals surface area contributed by atoms with Crippen molar-refractivity contribution in [1.82, 2.24) is 25.3 Å². The van der Waals surface area contributed by atoms with Crippen LogP contribution >= 0.6 is 0 Å². The topological polar surface area (TPSA) is 79.3 Å². The van der Waals surface area contributed by atoms with Gasteiger partial charge in [0, 0.05) is 26.2 Å². The molecule has 1 unspecified atom stereocenters. The van der Waals surface area contributed by atoms with Crippen LogP contribution in [0.15, 0.2) is 30.3 Å². The fraction of sp³-hybridized carbons (Fsp3) is 0.522. The molecule has 0 aliphatic carbocycles. The molecule has 162 valence electrons. The minimum Gasteiger partial charge on any atom is -0.347 e. The Bertz CT molecular complexity index is 903. The Labute approximate surface area is 178 Å². The lowest BCUT2D eigenvalue weighted by molar-refractivity contribution is 0.0442. The van der Waals surface area contributed by atoms with Crippen LogP contribution in [0, 0.1) is 12.8 Å². The third-order valence-corrected chi connectivity index (χ3v) is 5.81. The molecule has 2 N–H and O–H groups in total. The molecule has 3 rings (SSSR count). The predicted octanol–water partition coefficient (Wildman–Crippen LogP) is 2.60. The van der Waals surface area contributed by atoms with Crippen LogP contribution in [0.3, 0.4) is 0 Å². The SMILES string of the molecule is Cc1ccc(CNC(=O)c2cc3n(n2)CC(C)(CNCCC(C)C)N(C)C3=O)cc1. The van der Waals surface area contributed by atoms with Gasteiger partial charge in [-0.15, -0.1) is 0 Å². The van der Waals surface area contributed by atoms with E-state index in [-0.39, 0.29) is 17.5 Å². The molecule has 1 atom stereocenters. The molecule has 0 bridgehead atoms. The molecule has 1 aliphatic heterocycles. The van der Waals surface area contributed by atoms with Crippen LogP contribution in [-0.2, 0) is 13.1 Å². The second kappa shape index (κ2) is 9.00. The number of amides is 2. The Morgan fingerprint density at radius 3 is 2.63 bits per heavy atom. The summed E-state index contributed by atoms with van der Waals surface area (Å²) in [5.41, 5.74) is 2.53. The minimum absolute atomic E-state index is 0.112. The van der Waals surface area contributed by atoms with E-state index in [2.05, 4.69) is 36.5 Å². The van der Waals surface area contributed by atoms with Crippen molar-refractivity contribution in [1.29, 1.82) is 0 Å². The van der Waals surface area contributed by atoms with Crippen molar-refractivity contribution < 1.29 is 9.59 Å². The number of aryl methyl sites for hydroxylation is 1. The number of hydrogen-bond acceptors (Lipinski definition) is 4. The molecule has 30 heavy (non-hydrogen) atoms. The van der Waals surface area contributed by atoms with Gasteiger partial charge in [0.15, 0.2) is 5.69 Å². The lowest BCUT2D eigenvalue weighted by Crippen LogP contribution is -2.59. The van der Waals surface area contributed by atoms with E-state index in [4.69, 9.17) is 0 Å². The van der Waals surface area contributed by atoms with Gasteiger partial charge in [0.1, 0.15) is 5.69 Å². The standard InChI is InChI=1S/C23H33N5O2/c1-16(2)10-11-24-14-23(4)15-28-20(22(30)27(23)5)12-19(26-28)21(29)25-13-18-8-6-17(3)7-9-18/h6-9,12,16,24H,10-11,13-15H2,1-5H3,(H,25,29). The Morgan fingerprint density at radius 1 is 1.27 bits per heavy atom. The van der Waals surface area contributed by atoms with Crippen molar-refractivity contribution in [3.8, 4) is 0 Å². The van der Waals surface area contributed by atoms with E-state index in [0.29, 0.717) is 31.2 Å². The summed E-state index contributed by atoms with van der Waals surface area (Å²) in [6, 6.07) is 9.60. The fourth-order valence-corrected chi connectivity index (χ4v) is 3.57. The predicted molar refractivity (Wildman–Crippen MR) is 117 cm³/mol. The Balaban J connectivity index is 1.66. The van der Waals surface area contributed by atoms with Crippen LogP contribution < -0.4 is 10.6 Å². The molecule has 0 saturated carbocycles. The third kappa shape index (κ3) is 4.90. The van der Waals surface area contributed by atoms with Gasteiger partial charge in [0.2, 0.25) is 0 Å². The summed E-state index contributed by atoms with van der Waals surface area (Å²) < 4.78 is 1.67. The summed E-state index contributed by atoms with van der Waals surface area (Å²) in [4.78, 5) is 27.3. The molecule has 0 spiro atoms. The first-order chi connectivity index (χ1) is 14.2. The summed E-state index contributed by atoms with van der Waals surface area (Å²) in [7, 11) is 1.82. The Morgan fingerprint density at radius 2 is 1.97 bits per heavy atom. The lowest BCUT2D eigenvalue weighted by Gasteiger charge is -2.42. The fourth-order valence-electron chi connectivity index (χ4n) is 3.57. The second-order valence-corrected chi connectivity index (χ2v) is 8.96. The molecule has 7 heteroatoms. The second-order valence-electron chi connectivity index (χ2n) is 8.96. The van der Waals surface area contributed by atoms with E-state index in [0.717, 1.165) is 18.5 Å². The zero-order valence-corrected chi connectivity index (χ0v) is 18.7. The Hall–Kier alpha value is -2.67. The van der Waals surface area contributed by atoms with Gasteiger partial charge in [-0.05, 0) is 38.3 Å². The summed E-state index contributed by atoms with van der Waals surface area (Å²) in [5.74, 6) is 0.249. The zero-order valence-electron chi connectivity index (χ0n) is 18.7. The first-order valence-electron chi connectivity index (χ1n) is 10.6. The Kier molecular flexibility index (Phi) is 6.61. The van der Waals surface area contributed by atoms with Gasteiger partial charge < -0.3 is 15.5 Å². The van der Waals surface area contributed by atoms with E-state index >= 15 is 0 Å². The number of likely N-dealkylation sites (N-methyl/N-ethyl adjacent to an activating group) is 1. The van der Waals surface area contributed by atoms with Crippen molar-refractivity contribution in [3.05, 3.63) is 52.8 Å². The van der Waals surface area contributed by atoms with Gasteiger partial charge in [-0.3, -0.25) is 14.3 Å². The average molecular weight is 412 g/mol. The van der Waals surface area contributed by atoms with E-state index in [1.165, 1.54) is 5.56 Å². The molecule has 2 aromatic rings. The molecule has 1 aromatic heterocycles. The summed E-state index contributed by atoms with van der Waals surface area (Å²) >= 11 is 0. The molecule has 1 aliphatic rings. The smallest absolute Gasteiger partial charge is 0.272 e. The van der Waals surface area contributed by atoms with Gasteiger partial charge in [-0.25, -0.2) is 0 Å². The number of nitrogens with one attached hydrogen (secondary N) is 2. The van der Waals surface area contributed by atoms with Crippen molar-refractivity contribution in [3.63, 3.8) is 0 Å². The summed E-state index contributed by atoms with van der Waals surface area (Å²) in [5, 5.41) is 10.8. The van der Waals surface area contributed by atoms with E-state index in [1.807, 2.05) is 38.2 Å². The van der Waals surface area contributed by atoms with E-state index in [1.54, 1.807) is 15.6 Å². The van der Waals surface area contributed by atoms with Crippen LogP contribution in [0.1, 0.15) is 59.3 Å². The van der Waals surface area contributed by atoms with Crippen LogP contribution in [0.25, 0.3) is 0 Å². The lowest BCUT2D eigenvalue weighted by atomic mass is 9.97. The number of nitrogens with zero attached hydrogens (tertiary/aromatic N) is 3. The minimum atomic E-state index is -0.400. The van der Waals surface area contributed by atoms with Crippen LogP contribution in [0.5, 0.6) is 0 Å². The zero-order chi connectivity index (χ0) is 21.9. The highest BCUT2D eigenvalue weighted by Crippen LogP contribution is 2.25. The van der Waals surface area contributed by atoms with Gasteiger partial charge in [0.05, 0.1) is 12.1 Å². The summed E-state index contributed by atoms with van der Waals surface area (Å²) in [6.07, 6.45) is 1.09. The average Bonchev–Trinajstić information content (AvgIpc) is 3.13. The van der Waals surface area contributed by atoms with Crippen molar-refractivity contribution in [2.75, 3.05) is 20.1 Å². The molecule has 2 heterocycles. The molecule has 0 radical (unpaired) electrons. The maximum absolute atomic E-state index is 12.9. The molecular formula is C23H33N5O2. The van der Waals surface area contributed by atoms with E-state index < -0.39 is 5.54 Å². The van der Waals surface area contributed by atoms with Gasteiger partial charge in [-0.1, -0.05) is 43.7 Å². The molecule has 0 fully saturated rings. The monoisotopic (exact) mass is 411 g/mol. The number of rotatable bonds is 8. The number of benzene rings is 1. The van der Waals surface area contributed by atoms with Gasteiger partial charge in [0.25, 0.3) is 11.8 Å². The number of fused-ring (bicyclic) bond motifs is 1. The molecule has 0 saturated heterocycles. The molecule has 1 aromatic carbocycles. The maximum Gasteiger partial charge on any atom is 0.272 e. The number of hydrogen-bond donors (Lipinski definition) is 2. The third-order valence-electron chi connectivity index (χ3n) is 5.81. The molecular weight excluding hydrogens is 378 g/mol. The van der Waals surface area contributed by atoms with Crippen molar-refractivity contribution in [2.45, 2.75) is 52.7 Å². The van der Waals surface area contributed by atoms with Gasteiger partial charge in [-0.2, -0.15) is 5.10 Å². The summed E-state index contributed by atoms with van der Waals surface area (Å²) in [6.45, 7) is 11.0. The first kappa shape index (κ1) is 22.0. The number of carbonyl (C=O) groups is 2. The highest BCUT2D eigenvalue weighted by molar-refractivity contribution is 5.98. The normalized spacial score (nSPS) is 18.6. The van der Waals surface area contributed by atoms with Crippen LogP contribution in [-0.4, -0.2) is 52.2 Å².